The summed E-state index contributed by atoms with van der Waals surface area (Å²) < 4.78 is 39.0. The first kappa shape index (κ1) is 25.1. The van der Waals surface area contributed by atoms with Crippen LogP contribution in [0.25, 0.3) is 0 Å². The van der Waals surface area contributed by atoms with Gasteiger partial charge in [0.05, 0.1) is 30.3 Å². The van der Waals surface area contributed by atoms with E-state index < -0.39 is 15.9 Å². The van der Waals surface area contributed by atoms with Crippen molar-refractivity contribution in [3.8, 4) is 11.5 Å². The summed E-state index contributed by atoms with van der Waals surface area (Å²) in [6.45, 7) is 5.70. The second-order valence-electron chi connectivity index (χ2n) is 7.78. The third-order valence-electron chi connectivity index (χ3n) is 5.31. The number of nitrogens with zero attached hydrogens (tertiary/aromatic N) is 1. The predicted octanol–water partition coefficient (Wildman–Crippen LogP) is 4.48. The van der Waals surface area contributed by atoms with Gasteiger partial charge in [0.2, 0.25) is 5.91 Å². The van der Waals surface area contributed by atoms with E-state index in [0.29, 0.717) is 23.8 Å². The Bertz CT molecular complexity index is 1210. The minimum atomic E-state index is -4.01. The highest BCUT2D eigenvalue weighted by Crippen LogP contribution is 2.27. The molecule has 0 aliphatic rings. The summed E-state index contributed by atoms with van der Waals surface area (Å²) in [7, 11) is -2.45. The van der Waals surface area contributed by atoms with Crippen molar-refractivity contribution in [2.24, 2.45) is 0 Å². The average Bonchev–Trinajstić information content (AvgIpc) is 2.83. The van der Waals surface area contributed by atoms with Crippen LogP contribution >= 0.6 is 0 Å². The molecule has 1 unspecified atom stereocenters. The second-order valence-corrected chi connectivity index (χ2v) is 9.65. The lowest BCUT2D eigenvalue weighted by molar-refractivity contribution is -0.120. The third kappa shape index (κ3) is 5.88. The number of nitrogens with one attached hydrogen (secondary N) is 1. The van der Waals surface area contributed by atoms with Crippen molar-refractivity contribution in [2.45, 2.75) is 31.7 Å². The molecule has 180 valence electrons. The van der Waals surface area contributed by atoms with Gasteiger partial charge in [0, 0.05) is 5.56 Å². The van der Waals surface area contributed by atoms with Gasteiger partial charge >= 0.3 is 0 Å². The van der Waals surface area contributed by atoms with Crippen molar-refractivity contribution < 1.29 is 22.7 Å². The van der Waals surface area contributed by atoms with Crippen molar-refractivity contribution in [3.63, 3.8) is 0 Å². The SMILES string of the molecule is CCOc1ccc(S(=O)(=O)N(CC(=O)NC(C)c2ccccc2OC)c2ccc(C)cc2)cc1. The fourth-order valence-corrected chi connectivity index (χ4v) is 4.97. The highest BCUT2D eigenvalue weighted by molar-refractivity contribution is 7.92. The molecule has 0 fully saturated rings. The Balaban J connectivity index is 1.88. The van der Waals surface area contributed by atoms with E-state index in [0.717, 1.165) is 15.4 Å². The molecule has 3 rings (SSSR count). The van der Waals surface area contributed by atoms with Gasteiger partial charge in [-0.1, -0.05) is 35.9 Å². The van der Waals surface area contributed by atoms with E-state index in [1.165, 1.54) is 12.1 Å². The number of sulfonamides is 1. The summed E-state index contributed by atoms with van der Waals surface area (Å²) in [5.74, 6) is 0.785. The first-order chi connectivity index (χ1) is 16.3. The fraction of sp³-hybridized carbons (Fsp3) is 0.269. The van der Waals surface area contributed by atoms with Crippen molar-refractivity contribution >= 4 is 21.6 Å². The first-order valence-electron chi connectivity index (χ1n) is 11.0. The van der Waals surface area contributed by atoms with Gasteiger partial charge in [-0.3, -0.25) is 9.10 Å². The third-order valence-corrected chi connectivity index (χ3v) is 7.10. The molecular formula is C26H30N2O5S. The number of amides is 1. The van der Waals surface area contributed by atoms with Crippen LogP contribution in [0, 0.1) is 6.92 Å². The molecule has 1 amide bonds. The van der Waals surface area contributed by atoms with Crippen molar-refractivity contribution in [1.29, 1.82) is 0 Å². The summed E-state index contributed by atoms with van der Waals surface area (Å²) >= 11 is 0. The maximum atomic E-state index is 13.6. The molecule has 0 saturated carbocycles. The largest absolute Gasteiger partial charge is 0.496 e. The number of benzene rings is 3. The molecule has 34 heavy (non-hydrogen) atoms. The van der Waals surface area contributed by atoms with Gasteiger partial charge in [-0.25, -0.2) is 8.42 Å². The number of hydrogen-bond donors (Lipinski definition) is 1. The number of rotatable bonds is 10. The number of anilines is 1. The van der Waals surface area contributed by atoms with Gasteiger partial charge in [0.15, 0.2) is 0 Å². The molecule has 3 aromatic carbocycles. The fourth-order valence-electron chi connectivity index (χ4n) is 3.55. The van der Waals surface area contributed by atoms with Crippen LogP contribution in [0.1, 0.15) is 31.0 Å². The normalized spacial score (nSPS) is 12.0. The van der Waals surface area contributed by atoms with E-state index in [2.05, 4.69) is 5.32 Å². The number of carbonyl (C=O) groups is 1. The Labute approximate surface area is 201 Å². The van der Waals surface area contributed by atoms with Gasteiger partial charge in [0.25, 0.3) is 10.0 Å². The predicted molar refractivity (Wildman–Crippen MR) is 133 cm³/mol. The zero-order chi connectivity index (χ0) is 24.7. The number of aryl methyl sites for hydroxylation is 1. The maximum absolute atomic E-state index is 13.6. The highest BCUT2D eigenvalue weighted by atomic mass is 32.2. The van der Waals surface area contributed by atoms with E-state index >= 15 is 0 Å². The molecule has 0 aliphatic heterocycles. The Morgan fingerprint density at radius 3 is 2.26 bits per heavy atom. The molecule has 0 radical (unpaired) electrons. The van der Waals surface area contributed by atoms with E-state index in [1.807, 2.05) is 57.2 Å². The smallest absolute Gasteiger partial charge is 0.264 e. The van der Waals surface area contributed by atoms with Gasteiger partial charge in [0.1, 0.15) is 18.0 Å². The maximum Gasteiger partial charge on any atom is 0.264 e. The Kier molecular flexibility index (Phi) is 8.17. The number of para-hydroxylation sites is 1. The molecule has 0 saturated heterocycles. The minimum Gasteiger partial charge on any atom is -0.496 e. The number of hydrogen-bond acceptors (Lipinski definition) is 5. The van der Waals surface area contributed by atoms with E-state index in [-0.39, 0.29) is 17.5 Å². The van der Waals surface area contributed by atoms with Crippen LogP contribution in [0.2, 0.25) is 0 Å². The van der Waals surface area contributed by atoms with Gasteiger partial charge in [-0.05, 0) is 63.2 Å². The van der Waals surface area contributed by atoms with Gasteiger partial charge < -0.3 is 14.8 Å². The van der Waals surface area contributed by atoms with Crippen LogP contribution in [0.15, 0.2) is 77.7 Å². The van der Waals surface area contributed by atoms with E-state index in [4.69, 9.17) is 9.47 Å². The van der Waals surface area contributed by atoms with Crippen LogP contribution in [-0.2, 0) is 14.8 Å². The molecule has 0 aliphatic carbocycles. The first-order valence-corrected chi connectivity index (χ1v) is 12.4. The molecule has 0 spiro atoms. The number of carbonyl (C=O) groups excluding carboxylic acids is 1. The van der Waals surface area contributed by atoms with E-state index in [1.54, 1.807) is 31.4 Å². The lowest BCUT2D eigenvalue weighted by Gasteiger charge is -2.25. The summed E-state index contributed by atoms with van der Waals surface area (Å²) in [5, 5.41) is 2.89. The van der Waals surface area contributed by atoms with E-state index in [9.17, 15) is 13.2 Å². The summed E-state index contributed by atoms with van der Waals surface area (Å²) in [4.78, 5) is 13.1. The molecule has 1 atom stereocenters. The highest BCUT2D eigenvalue weighted by Gasteiger charge is 2.28. The summed E-state index contributed by atoms with van der Waals surface area (Å²) in [6, 6.07) is 20.2. The summed E-state index contributed by atoms with van der Waals surface area (Å²) in [6.07, 6.45) is 0. The minimum absolute atomic E-state index is 0.0714. The zero-order valence-electron chi connectivity index (χ0n) is 19.8. The Morgan fingerprint density at radius 2 is 1.65 bits per heavy atom. The molecule has 7 nitrogen and oxygen atoms in total. The monoisotopic (exact) mass is 482 g/mol. The van der Waals surface area contributed by atoms with Crippen molar-refractivity contribution in [1.82, 2.24) is 5.32 Å². The lowest BCUT2D eigenvalue weighted by atomic mass is 10.1. The van der Waals surface area contributed by atoms with Crippen LogP contribution in [0.4, 0.5) is 5.69 Å². The summed E-state index contributed by atoms with van der Waals surface area (Å²) in [5.41, 5.74) is 2.19. The van der Waals surface area contributed by atoms with Crippen LogP contribution in [0.5, 0.6) is 11.5 Å². The van der Waals surface area contributed by atoms with Crippen molar-refractivity contribution in [2.75, 3.05) is 24.6 Å². The lowest BCUT2D eigenvalue weighted by Crippen LogP contribution is -2.41. The van der Waals surface area contributed by atoms with Gasteiger partial charge in [-0.2, -0.15) is 0 Å². The molecule has 0 heterocycles. The Morgan fingerprint density at radius 1 is 1.00 bits per heavy atom. The Hall–Kier alpha value is -3.52. The zero-order valence-corrected chi connectivity index (χ0v) is 20.6. The topological polar surface area (TPSA) is 84.9 Å². The second kappa shape index (κ2) is 11.1. The molecule has 0 bridgehead atoms. The molecule has 8 heteroatoms. The van der Waals surface area contributed by atoms with Gasteiger partial charge in [-0.15, -0.1) is 0 Å². The average molecular weight is 483 g/mol. The quantitative estimate of drug-likeness (QED) is 0.461. The van der Waals surface area contributed by atoms with Crippen LogP contribution in [0.3, 0.4) is 0 Å². The molecule has 1 N–H and O–H groups in total. The van der Waals surface area contributed by atoms with Crippen LogP contribution in [-0.4, -0.2) is 34.6 Å². The number of ether oxygens (including phenoxy) is 2. The van der Waals surface area contributed by atoms with Crippen LogP contribution < -0.4 is 19.1 Å². The number of methoxy groups -OCH3 is 1. The molecule has 0 aromatic heterocycles. The molecular weight excluding hydrogens is 452 g/mol. The molecule has 3 aromatic rings. The van der Waals surface area contributed by atoms with Crippen molar-refractivity contribution in [3.05, 3.63) is 83.9 Å². The standard InChI is InChI=1S/C26H30N2O5S/c1-5-33-22-14-16-23(17-15-22)34(30,31)28(21-12-10-19(2)11-13-21)18-26(29)27-20(3)24-8-6-7-9-25(24)32-4/h6-17,20H,5,18H2,1-4H3,(H,27,29).